The van der Waals surface area contributed by atoms with Crippen LogP contribution in [-0.2, 0) is 16.1 Å². The van der Waals surface area contributed by atoms with Crippen molar-refractivity contribution in [3.63, 3.8) is 0 Å². The fraction of sp³-hybridized carbons (Fsp3) is 0.579. The first kappa shape index (κ1) is 17.7. The molecule has 6 heteroatoms. The van der Waals surface area contributed by atoms with E-state index in [4.69, 9.17) is 10.5 Å². The highest BCUT2D eigenvalue weighted by atomic mass is 16.5. The summed E-state index contributed by atoms with van der Waals surface area (Å²) in [5.74, 6) is 1.03. The minimum atomic E-state index is -0.398. The Bertz CT molecular complexity index is 617. The SMILES string of the molecule is COc1ccc(CN2CCC(NC(=O)[C@@H]3CCC[C@@H]3CN)C2=O)cc1. The molecule has 1 aromatic carbocycles. The number of rotatable bonds is 6. The van der Waals surface area contributed by atoms with Crippen molar-refractivity contribution in [2.45, 2.75) is 38.3 Å². The van der Waals surface area contributed by atoms with E-state index in [0.717, 1.165) is 30.6 Å². The van der Waals surface area contributed by atoms with Crippen molar-refractivity contribution >= 4 is 11.8 Å². The van der Waals surface area contributed by atoms with Gasteiger partial charge in [0.05, 0.1) is 7.11 Å². The fourth-order valence-electron chi connectivity index (χ4n) is 3.92. The van der Waals surface area contributed by atoms with Gasteiger partial charge in [0.25, 0.3) is 0 Å². The molecular weight excluding hydrogens is 318 g/mol. The van der Waals surface area contributed by atoms with Crippen molar-refractivity contribution in [2.24, 2.45) is 17.6 Å². The normalized spacial score (nSPS) is 26.1. The van der Waals surface area contributed by atoms with E-state index in [1.165, 1.54) is 0 Å². The highest BCUT2D eigenvalue weighted by molar-refractivity contribution is 5.90. The third-order valence-corrected chi connectivity index (χ3v) is 5.45. The zero-order valence-electron chi connectivity index (χ0n) is 14.7. The molecule has 3 N–H and O–H groups in total. The van der Waals surface area contributed by atoms with Crippen molar-refractivity contribution in [3.05, 3.63) is 29.8 Å². The van der Waals surface area contributed by atoms with Gasteiger partial charge in [0.1, 0.15) is 11.8 Å². The first-order valence-corrected chi connectivity index (χ1v) is 9.04. The van der Waals surface area contributed by atoms with Gasteiger partial charge in [-0.25, -0.2) is 0 Å². The Morgan fingerprint density at radius 3 is 2.72 bits per heavy atom. The van der Waals surface area contributed by atoms with Crippen LogP contribution >= 0.6 is 0 Å². The van der Waals surface area contributed by atoms with E-state index in [0.29, 0.717) is 26.1 Å². The van der Waals surface area contributed by atoms with Gasteiger partial charge in [0.15, 0.2) is 0 Å². The summed E-state index contributed by atoms with van der Waals surface area (Å²) in [7, 11) is 1.63. The molecule has 136 valence electrons. The second kappa shape index (κ2) is 7.87. The van der Waals surface area contributed by atoms with E-state index >= 15 is 0 Å². The first-order chi connectivity index (χ1) is 12.1. The van der Waals surface area contributed by atoms with Crippen molar-refractivity contribution in [2.75, 3.05) is 20.2 Å². The maximum Gasteiger partial charge on any atom is 0.245 e. The molecule has 0 radical (unpaired) electrons. The molecule has 0 spiro atoms. The van der Waals surface area contributed by atoms with Crippen molar-refractivity contribution < 1.29 is 14.3 Å². The van der Waals surface area contributed by atoms with Gasteiger partial charge in [0, 0.05) is 19.0 Å². The van der Waals surface area contributed by atoms with Gasteiger partial charge >= 0.3 is 0 Å². The smallest absolute Gasteiger partial charge is 0.245 e. The molecule has 2 fully saturated rings. The zero-order chi connectivity index (χ0) is 17.8. The monoisotopic (exact) mass is 345 g/mol. The van der Waals surface area contributed by atoms with Crippen LogP contribution in [-0.4, -0.2) is 43.0 Å². The molecule has 25 heavy (non-hydrogen) atoms. The number of nitrogens with one attached hydrogen (secondary N) is 1. The molecule has 2 aliphatic rings. The number of carbonyl (C=O) groups is 2. The van der Waals surface area contributed by atoms with Crippen LogP contribution in [0.1, 0.15) is 31.2 Å². The maximum absolute atomic E-state index is 12.6. The molecule has 0 bridgehead atoms. The Labute approximate surface area is 148 Å². The molecule has 3 atom stereocenters. The van der Waals surface area contributed by atoms with E-state index < -0.39 is 6.04 Å². The number of nitrogens with zero attached hydrogens (tertiary/aromatic N) is 1. The van der Waals surface area contributed by atoms with Gasteiger partial charge in [0.2, 0.25) is 11.8 Å². The van der Waals surface area contributed by atoms with E-state index in [1.807, 2.05) is 29.2 Å². The molecule has 1 saturated carbocycles. The number of hydrogen-bond acceptors (Lipinski definition) is 4. The molecular formula is C19H27N3O3. The lowest BCUT2D eigenvalue weighted by Crippen LogP contribution is -2.45. The van der Waals surface area contributed by atoms with Gasteiger partial charge in [-0.15, -0.1) is 0 Å². The Morgan fingerprint density at radius 1 is 1.28 bits per heavy atom. The molecule has 1 aliphatic carbocycles. The van der Waals surface area contributed by atoms with Gasteiger partial charge < -0.3 is 20.7 Å². The van der Waals surface area contributed by atoms with Crippen LogP contribution < -0.4 is 15.8 Å². The minimum absolute atomic E-state index is 0.00222. The number of ether oxygens (including phenoxy) is 1. The van der Waals surface area contributed by atoms with Crippen LogP contribution in [0, 0.1) is 11.8 Å². The number of nitrogens with two attached hydrogens (primary N) is 1. The standard InChI is InChI=1S/C19H27N3O3/c1-25-15-7-5-13(6-8-15)12-22-10-9-17(19(22)24)21-18(23)16-4-2-3-14(16)11-20/h5-8,14,16-17H,2-4,9-12,20H2,1H3,(H,21,23)/t14-,16-,17?/m1/s1. The molecule has 2 amide bonds. The molecule has 1 saturated heterocycles. The topological polar surface area (TPSA) is 84.7 Å². The van der Waals surface area contributed by atoms with Crippen molar-refractivity contribution in [1.29, 1.82) is 0 Å². The minimum Gasteiger partial charge on any atom is -0.497 e. The van der Waals surface area contributed by atoms with Crippen molar-refractivity contribution in [1.82, 2.24) is 10.2 Å². The summed E-state index contributed by atoms with van der Waals surface area (Å²) >= 11 is 0. The summed E-state index contributed by atoms with van der Waals surface area (Å²) in [5.41, 5.74) is 6.82. The van der Waals surface area contributed by atoms with Crippen LogP contribution in [0.4, 0.5) is 0 Å². The summed E-state index contributed by atoms with van der Waals surface area (Å²) < 4.78 is 5.15. The Morgan fingerprint density at radius 2 is 2.04 bits per heavy atom. The number of benzene rings is 1. The number of carbonyl (C=O) groups excluding carboxylic acids is 2. The third kappa shape index (κ3) is 3.95. The molecule has 1 aliphatic heterocycles. The molecule has 3 rings (SSSR count). The second-order valence-electron chi connectivity index (χ2n) is 6.99. The van der Waals surface area contributed by atoms with E-state index in [9.17, 15) is 9.59 Å². The molecule has 6 nitrogen and oxygen atoms in total. The van der Waals surface area contributed by atoms with Gasteiger partial charge in [-0.05, 0) is 49.4 Å². The molecule has 0 aromatic heterocycles. The van der Waals surface area contributed by atoms with Gasteiger partial charge in [-0.1, -0.05) is 18.6 Å². The van der Waals surface area contributed by atoms with Crippen molar-refractivity contribution in [3.8, 4) is 5.75 Å². The Balaban J connectivity index is 1.55. The lowest BCUT2D eigenvalue weighted by Gasteiger charge is -2.21. The number of amides is 2. The summed E-state index contributed by atoms with van der Waals surface area (Å²) in [5, 5.41) is 2.96. The predicted octanol–water partition coefficient (Wildman–Crippen LogP) is 1.29. The lowest BCUT2D eigenvalue weighted by atomic mass is 9.95. The number of likely N-dealkylation sites (tertiary alicyclic amines) is 1. The van der Waals surface area contributed by atoms with E-state index in [-0.39, 0.29) is 23.7 Å². The summed E-state index contributed by atoms with van der Waals surface area (Å²) in [6.07, 6.45) is 3.60. The lowest BCUT2D eigenvalue weighted by molar-refractivity contribution is -0.134. The quantitative estimate of drug-likeness (QED) is 0.814. The average Bonchev–Trinajstić information content (AvgIpc) is 3.24. The van der Waals surface area contributed by atoms with Crippen LogP contribution in [0.5, 0.6) is 5.75 Å². The van der Waals surface area contributed by atoms with Crippen LogP contribution in [0.15, 0.2) is 24.3 Å². The molecule has 1 unspecified atom stereocenters. The average molecular weight is 345 g/mol. The fourth-order valence-corrected chi connectivity index (χ4v) is 3.92. The maximum atomic E-state index is 12.6. The summed E-state index contributed by atoms with van der Waals surface area (Å²) in [6, 6.07) is 7.31. The largest absolute Gasteiger partial charge is 0.497 e. The zero-order valence-corrected chi connectivity index (χ0v) is 14.7. The van der Waals surface area contributed by atoms with Gasteiger partial charge in [-0.3, -0.25) is 9.59 Å². The predicted molar refractivity (Wildman–Crippen MR) is 94.8 cm³/mol. The van der Waals surface area contributed by atoms with Crippen LogP contribution in [0.25, 0.3) is 0 Å². The molecule has 1 heterocycles. The van der Waals surface area contributed by atoms with E-state index in [2.05, 4.69) is 5.32 Å². The Kier molecular flexibility index (Phi) is 5.58. The van der Waals surface area contributed by atoms with Crippen LogP contribution in [0.3, 0.4) is 0 Å². The number of methoxy groups -OCH3 is 1. The second-order valence-corrected chi connectivity index (χ2v) is 6.99. The molecule has 1 aromatic rings. The highest BCUT2D eigenvalue weighted by Gasteiger charge is 2.37. The summed E-state index contributed by atoms with van der Waals surface area (Å²) in [4.78, 5) is 26.9. The third-order valence-electron chi connectivity index (χ3n) is 5.45. The Hall–Kier alpha value is -2.08. The van der Waals surface area contributed by atoms with Crippen LogP contribution in [0.2, 0.25) is 0 Å². The number of hydrogen-bond donors (Lipinski definition) is 2. The highest BCUT2D eigenvalue weighted by Crippen LogP contribution is 2.31. The summed E-state index contributed by atoms with van der Waals surface area (Å²) in [6.45, 7) is 1.77. The first-order valence-electron chi connectivity index (χ1n) is 9.04. The van der Waals surface area contributed by atoms with Gasteiger partial charge in [-0.2, -0.15) is 0 Å². The van der Waals surface area contributed by atoms with E-state index in [1.54, 1.807) is 7.11 Å².